The third-order valence-corrected chi connectivity index (χ3v) is 12.4. The van der Waals surface area contributed by atoms with Gasteiger partial charge in [0.15, 0.2) is 0 Å². The van der Waals surface area contributed by atoms with Crippen molar-refractivity contribution < 1.29 is 28.0 Å². The minimum absolute atomic E-state index is 0.0213. The van der Waals surface area contributed by atoms with E-state index in [-0.39, 0.29) is 29.4 Å². The fourth-order valence-corrected chi connectivity index (χ4v) is 9.40. The largest absolute Gasteiger partial charge is 0.491 e. The second-order valence-corrected chi connectivity index (χ2v) is 16.4. The predicted octanol–water partition coefficient (Wildman–Crippen LogP) is 6.70. The van der Waals surface area contributed by atoms with Crippen LogP contribution in [0.15, 0.2) is 52.9 Å². The summed E-state index contributed by atoms with van der Waals surface area (Å²) in [5.41, 5.74) is 3.48. The van der Waals surface area contributed by atoms with Crippen molar-refractivity contribution in [3.8, 4) is 5.75 Å². The van der Waals surface area contributed by atoms with Crippen molar-refractivity contribution in [2.45, 2.75) is 77.0 Å². The second-order valence-electron chi connectivity index (χ2n) is 13.9. The van der Waals surface area contributed by atoms with Gasteiger partial charge in [0.2, 0.25) is 0 Å². The van der Waals surface area contributed by atoms with Gasteiger partial charge in [-0.05, 0) is 111 Å². The van der Waals surface area contributed by atoms with E-state index >= 15 is 0 Å². The molecule has 0 aromatic heterocycles. The molecule has 6 rings (SSSR count). The molecule has 2 N–H and O–H groups in total. The lowest BCUT2D eigenvalue weighted by Crippen LogP contribution is -2.47. The van der Waals surface area contributed by atoms with Gasteiger partial charge < -0.3 is 24.4 Å². The van der Waals surface area contributed by atoms with E-state index in [0.717, 1.165) is 49.4 Å². The Morgan fingerprint density at radius 3 is 2.67 bits per heavy atom. The highest BCUT2D eigenvalue weighted by molar-refractivity contribution is 7.92. The fourth-order valence-electron chi connectivity index (χ4n) is 7.38. The summed E-state index contributed by atoms with van der Waals surface area (Å²) in [6.45, 7) is 4.95. The molecule has 1 saturated carbocycles. The number of benzene rings is 2. The molecule has 49 heavy (non-hydrogen) atoms. The molecule has 1 saturated heterocycles. The summed E-state index contributed by atoms with van der Waals surface area (Å²) >= 11 is 6.46. The minimum Gasteiger partial charge on any atom is -0.491 e. The standard InChI is InChI=1S/C37H49ClN4O6S/c1-25-6-5-8-34(46-2)32-13-10-29(32)23-42-22-28-9-12-30(38)20-26(28)7-3-4-17-48-35-14-11-27(21-33(35)42)36(43)40-49(45,24-25)41-37(44)39-31-15-18-47-19-16-31/h5,8-9,11-12,14,20-21,25,29,31-32,34H,3-4,6-7,10,13,15-19,22-24H2,1-2H3,(H2,39,40,41,43,44,45)/b8-5+/t25-,29-,32+,34-,49?/m0/s1. The number of nitrogens with one attached hydrogen (secondary N) is 2. The Hall–Kier alpha value is -3.12. The molecule has 2 aromatic carbocycles. The molecule has 10 nitrogen and oxygen atoms in total. The van der Waals surface area contributed by atoms with Crippen molar-refractivity contribution in [1.29, 1.82) is 0 Å². The molecule has 266 valence electrons. The number of hydrogen-bond acceptors (Lipinski definition) is 7. The fraction of sp³-hybridized carbons (Fsp3) is 0.568. The lowest BCUT2D eigenvalue weighted by atomic mass is 9.70. The average molecular weight is 713 g/mol. The Morgan fingerprint density at radius 1 is 1.06 bits per heavy atom. The zero-order valence-corrected chi connectivity index (χ0v) is 30.1. The zero-order chi connectivity index (χ0) is 34.4. The summed E-state index contributed by atoms with van der Waals surface area (Å²) in [5, 5.41) is 3.62. The van der Waals surface area contributed by atoms with Crippen molar-refractivity contribution in [3.63, 3.8) is 0 Å². The number of aryl methyl sites for hydroxylation is 1. The summed E-state index contributed by atoms with van der Waals surface area (Å²) in [5.74, 6) is 0.643. The number of carbonyl (C=O) groups excluding carboxylic acids is 2. The number of carbonyl (C=O) groups is 2. The van der Waals surface area contributed by atoms with E-state index in [1.165, 1.54) is 11.1 Å². The highest BCUT2D eigenvalue weighted by atomic mass is 35.5. The number of fused-ring (bicyclic) bond motifs is 3. The molecule has 3 amide bonds. The first-order chi connectivity index (χ1) is 23.7. The van der Waals surface area contributed by atoms with Crippen LogP contribution in [0.4, 0.5) is 10.5 Å². The maximum absolute atomic E-state index is 14.4. The van der Waals surface area contributed by atoms with Crippen molar-refractivity contribution in [3.05, 3.63) is 70.3 Å². The zero-order valence-electron chi connectivity index (χ0n) is 28.5. The Morgan fingerprint density at radius 2 is 1.90 bits per heavy atom. The SMILES string of the molecule is CO[C@H]1/C=C/C[C@H](C)CS(=O)(NC(=O)NC2CCOCC2)=NC(=O)c2ccc3c(c2)N(Cc2ccc(Cl)cc2CCCCO3)C[C@@H]2CC[C@H]21. The van der Waals surface area contributed by atoms with Crippen molar-refractivity contribution in [2.24, 2.45) is 22.1 Å². The monoisotopic (exact) mass is 712 g/mol. The molecular formula is C37H49ClN4O6S. The lowest BCUT2D eigenvalue weighted by molar-refractivity contribution is 0.0133. The van der Waals surface area contributed by atoms with Gasteiger partial charge in [0.25, 0.3) is 5.91 Å². The van der Waals surface area contributed by atoms with Gasteiger partial charge in [-0.1, -0.05) is 36.7 Å². The molecule has 2 fully saturated rings. The smallest absolute Gasteiger partial charge is 0.327 e. The third-order valence-electron chi connectivity index (χ3n) is 10.2. The first kappa shape index (κ1) is 35.7. The van der Waals surface area contributed by atoms with Gasteiger partial charge in [0.05, 0.1) is 24.2 Å². The van der Waals surface area contributed by atoms with E-state index in [1.54, 1.807) is 13.2 Å². The quantitative estimate of drug-likeness (QED) is 0.340. The van der Waals surface area contributed by atoms with Crippen LogP contribution in [0.2, 0.25) is 5.02 Å². The molecule has 5 atom stereocenters. The Labute approximate surface area is 295 Å². The molecule has 1 aliphatic carbocycles. The lowest BCUT2D eigenvalue weighted by Gasteiger charge is -2.43. The van der Waals surface area contributed by atoms with Crippen LogP contribution in [-0.4, -0.2) is 67.5 Å². The van der Waals surface area contributed by atoms with Gasteiger partial charge in [-0.2, -0.15) is 0 Å². The molecule has 12 heteroatoms. The number of methoxy groups -OCH3 is 1. The number of urea groups is 1. The van der Waals surface area contributed by atoms with E-state index in [0.29, 0.717) is 63.2 Å². The van der Waals surface area contributed by atoms with E-state index in [9.17, 15) is 13.8 Å². The van der Waals surface area contributed by atoms with Crippen LogP contribution >= 0.6 is 11.6 Å². The molecule has 0 radical (unpaired) electrons. The number of allylic oxidation sites excluding steroid dienone is 1. The summed E-state index contributed by atoms with van der Waals surface area (Å²) in [4.78, 5) is 29.4. The number of amides is 3. The number of rotatable bonds is 3. The Balaban J connectivity index is 1.40. The molecule has 3 heterocycles. The summed E-state index contributed by atoms with van der Waals surface area (Å²) in [6, 6.07) is 10.7. The number of anilines is 1. The first-order valence-electron chi connectivity index (χ1n) is 17.6. The molecule has 4 aliphatic rings. The van der Waals surface area contributed by atoms with Gasteiger partial charge >= 0.3 is 6.03 Å². The second kappa shape index (κ2) is 16.3. The Kier molecular flexibility index (Phi) is 11.9. The van der Waals surface area contributed by atoms with Crippen LogP contribution in [0.3, 0.4) is 0 Å². The molecular weight excluding hydrogens is 664 g/mol. The van der Waals surface area contributed by atoms with Gasteiger partial charge in [-0.25, -0.2) is 9.00 Å². The summed E-state index contributed by atoms with van der Waals surface area (Å²) in [6.07, 6.45) is 10.9. The summed E-state index contributed by atoms with van der Waals surface area (Å²) in [7, 11) is -1.73. The number of nitrogens with zero attached hydrogens (tertiary/aromatic N) is 2. The summed E-state index contributed by atoms with van der Waals surface area (Å²) < 4.78 is 39.1. The van der Waals surface area contributed by atoms with Gasteiger partial charge in [-0.15, -0.1) is 4.36 Å². The maximum atomic E-state index is 14.4. The van der Waals surface area contributed by atoms with E-state index < -0.39 is 21.9 Å². The first-order valence-corrected chi connectivity index (χ1v) is 19.7. The van der Waals surface area contributed by atoms with E-state index in [1.807, 2.05) is 25.1 Å². The molecule has 1 unspecified atom stereocenters. The van der Waals surface area contributed by atoms with E-state index in [4.69, 9.17) is 25.8 Å². The highest BCUT2D eigenvalue weighted by Crippen LogP contribution is 2.42. The topological polar surface area (TPSA) is 119 Å². The highest BCUT2D eigenvalue weighted by Gasteiger charge is 2.38. The van der Waals surface area contributed by atoms with Crippen LogP contribution in [0.5, 0.6) is 5.75 Å². The van der Waals surface area contributed by atoms with Crippen LogP contribution < -0.4 is 19.7 Å². The van der Waals surface area contributed by atoms with Crippen LogP contribution in [0.1, 0.15) is 73.4 Å². The van der Waals surface area contributed by atoms with E-state index in [2.05, 4.69) is 43.6 Å². The molecule has 3 aliphatic heterocycles. The van der Waals surface area contributed by atoms with Gasteiger partial charge in [-0.3, -0.25) is 9.52 Å². The number of ether oxygens (including phenoxy) is 3. The molecule has 0 spiro atoms. The number of halogens is 1. The normalized spacial score (nSPS) is 29.0. The average Bonchev–Trinajstić information content (AvgIpc) is 3.08. The van der Waals surface area contributed by atoms with Crippen molar-refractivity contribution >= 4 is 39.1 Å². The van der Waals surface area contributed by atoms with Crippen molar-refractivity contribution in [1.82, 2.24) is 10.0 Å². The number of hydrogen-bond donors (Lipinski definition) is 2. The molecule has 2 aromatic rings. The van der Waals surface area contributed by atoms with Crippen LogP contribution in [-0.2, 0) is 32.4 Å². The van der Waals surface area contributed by atoms with Crippen LogP contribution in [0, 0.1) is 17.8 Å². The van der Waals surface area contributed by atoms with Crippen LogP contribution in [0.25, 0.3) is 0 Å². The Bertz CT molecular complexity index is 1650. The predicted molar refractivity (Wildman–Crippen MR) is 193 cm³/mol. The van der Waals surface area contributed by atoms with Gasteiger partial charge in [0.1, 0.15) is 15.7 Å². The van der Waals surface area contributed by atoms with Gasteiger partial charge in [0, 0.05) is 50.0 Å². The third kappa shape index (κ3) is 9.17. The maximum Gasteiger partial charge on any atom is 0.327 e. The van der Waals surface area contributed by atoms with Crippen molar-refractivity contribution in [2.75, 3.05) is 44.1 Å². The molecule has 2 bridgehead atoms. The minimum atomic E-state index is -3.49.